The molecule has 1 aromatic carbocycles. The summed E-state index contributed by atoms with van der Waals surface area (Å²) >= 11 is 0. The predicted octanol–water partition coefficient (Wildman–Crippen LogP) is 1.25. The highest BCUT2D eigenvalue weighted by atomic mass is 35.5. The molecule has 0 radical (unpaired) electrons. The lowest BCUT2D eigenvalue weighted by Gasteiger charge is -2.35. The third-order valence-corrected chi connectivity index (χ3v) is 4.99. The van der Waals surface area contributed by atoms with Crippen molar-refractivity contribution in [2.45, 2.75) is 38.8 Å². The minimum Gasteiger partial charge on any atom is -0.408 e. The molecule has 1 saturated heterocycles. The van der Waals surface area contributed by atoms with Crippen molar-refractivity contribution in [2.75, 3.05) is 13.1 Å². The Hall–Kier alpha value is -2.32. The van der Waals surface area contributed by atoms with Crippen LogP contribution in [0.15, 0.2) is 27.4 Å². The first-order valence-corrected chi connectivity index (χ1v) is 8.83. The van der Waals surface area contributed by atoms with Crippen molar-refractivity contribution in [3.05, 3.63) is 34.3 Å². The van der Waals surface area contributed by atoms with Crippen LogP contribution in [0.2, 0.25) is 0 Å². The van der Waals surface area contributed by atoms with Crippen LogP contribution in [0, 0.1) is 5.92 Å². The predicted molar refractivity (Wildman–Crippen MR) is 104 cm³/mol. The standard InChI is InChI=1S/C18H24N4O4.ClH/c1-10(19)17(24)22-7-5-12(6-8-22)11(2)20-16(23)13-3-4-14-15(9-13)26-18(25)21-14;/h3-4,9-12H,5-8,19H2,1-2H3,(H,20,23)(H,21,25);1H. The Balaban J connectivity index is 0.00000261. The van der Waals surface area contributed by atoms with Crippen LogP contribution in [0.5, 0.6) is 0 Å². The lowest BCUT2D eigenvalue weighted by molar-refractivity contribution is -0.133. The molecule has 2 amide bonds. The van der Waals surface area contributed by atoms with Gasteiger partial charge in [0, 0.05) is 24.7 Å². The highest BCUT2D eigenvalue weighted by molar-refractivity contribution is 5.97. The van der Waals surface area contributed by atoms with E-state index in [1.807, 2.05) is 6.92 Å². The van der Waals surface area contributed by atoms with Crippen LogP contribution in [-0.4, -0.2) is 46.9 Å². The Morgan fingerprint density at radius 1 is 1.30 bits per heavy atom. The van der Waals surface area contributed by atoms with Gasteiger partial charge < -0.3 is 20.4 Å². The smallest absolute Gasteiger partial charge is 0.408 e. The van der Waals surface area contributed by atoms with Gasteiger partial charge in [-0.1, -0.05) is 0 Å². The van der Waals surface area contributed by atoms with Crippen molar-refractivity contribution < 1.29 is 14.0 Å². The number of halogens is 1. The molecule has 2 aromatic rings. The van der Waals surface area contributed by atoms with Gasteiger partial charge in [0.25, 0.3) is 5.91 Å². The number of H-pyrrole nitrogens is 1. The zero-order chi connectivity index (χ0) is 18.8. The molecule has 4 N–H and O–H groups in total. The van der Waals surface area contributed by atoms with Crippen molar-refractivity contribution in [2.24, 2.45) is 11.7 Å². The van der Waals surface area contributed by atoms with E-state index in [2.05, 4.69) is 10.3 Å². The fraction of sp³-hybridized carbons (Fsp3) is 0.500. The number of fused-ring (bicyclic) bond motifs is 1. The Labute approximate surface area is 162 Å². The van der Waals surface area contributed by atoms with E-state index in [0.717, 1.165) is 12.8 Å². The van der Waals surface area contributed by atoms with Gasteiger partial charge in [-0.2, -0.15) is 0 Å². The summed E-state index contributed by atoms with van der Waals surface area (Å²) in [7, 11) is 0. The number of nitrogens with two attached hydrogens (primary N) is 1. The van der Waals surface area contributed by atoms with Gasteiger partial charge in [0.2, 0.25) is 5.91 Å². The number of aromatic amines is 1. The van der Waals surface area contributed by atoms with E-state index in [1.165, 1.54) is 0 Å². The third kappa shape index (κ3) is 4.70. The van der Waals surface area contributed by atoms with Gasteiger partial charge in [-0.05, 0) is 50.8 Å². The van der Waals surface area contributed by atoms with Crippen LogP contribution >= 0.6 is 12.4 Å². The summed E-state index contributed by atoms with van der Waals surface area (Å²) in [6.07, 6.45) is 1.65. The Bertz CT molecular complexity index is 868. The largest absolute Gasteiger partial charge is 0.417 e. The second kappa shape index (κ2) is 8.58. The molecule has 1 aromatic heterocycles. The molecule has 1 aliphatic rings. The summed E-state index contributed by atoms with van der Waals surface area (Å²) < 4.78 is 4.99. The molecule has 9 heteroatoms. The molecule has 1 aliphatic heterocycles. The fourth-order valence-corrected chi connectivity index (χ4v) is 3.40. The Kier molecular flexibility index (Phi) is 6.67. The number of hydrogen-bond donors (Lipinski definition) is 3. The summed E-state index contributed by atoms with van der Waals surface area (Å²) in [6.45, 7) is 4.98. The number of carbonyl (C=O) groups excluding carboxylic acids is 2. The summed E-state index contributed by atoms with van der Waals surface area (Å²) in [5.74, 6) is -0.484. The van der Waals surface area contributed by atoms with E-state index in [0.29, 0.717) is 35.7 Å². The van der Waals surface area contributed by atoms with E-state index in [1.54, 1.807) is 30.0 Å². The SMILES string of the molecule is CC(N)C(=O)N1CCC(C(C)NC(=O)c2ccc3[nH]c(=O)oc3c2)CC1.Cl. The minimum atomic E-state index is -0.543. The second-order valence-corrected chi connectivity index (χ2v) is 6.94. The normalized spacial score (nSPS) is 17.2. The average Bonchev–Trinajstić information content (AvgIpc) is 3.00. The topological polar surface area (TPSA) is 121 Å². The van der Waals surface area contributed by atoms with Crippen molar-refractivity contribution >= 4 is 35.3 Å². The lowest BCUT2D eigenvalue weighted by Crippen LogP contribution is -2.49. The molecular formula is C18H25ClN4O4. The van der Waals surface area contributed by atoms with E-state index in [9.17, 15) is 14.4 Å². The van der Waals surface area contributed by atoms with Crippen molar-refractivity contribution in [1.82, 2.24) is 15.2 Å². The molecule has 0 saturated carbocycles. The zero-order valence-electron chi connectivity index (χ0n) is 15.4. The molecule has 0 spiro atoms. The van der Waals surface area contributed by atoms with E-state index < -0.39 is 11.8 Å². The van der Waals surface area contributed by atoms with Crippen molar-refractivity contribution in [3.8, 4) is 0 Å². The second-order valence-electron chi connectivity index (χ2n) is 6.94. The molecule has 2 unspecified atom stereocenters. The van der Waals surface area contributed by atoms with Crippen LogP contribution < -0.4 is 16.8 Å². The first-order valence-electron chi connectivity index (χ1n) is 8.83. The van der Waals surface area contributed by atoms with Crippen molar-refractivity contribution in [1.29, 1.82) is 0 Å². The van der Waals surface area contributed by atoms with Crippen LogP contribution in [0.25, 0.3) is 11.1 Å². The number of aromatic nitrogens is 1. The number of oxazole rings is 1. The number of rotatable bonds is 4. The molecule has 27 heavy (non-hydrogen) atoms. The van der Waals surface area contributed by atoms with Crippen LogP contribution in [0.4, 0.5) is 0 Å². The van der Waals surface area contributed by atoms with Gasteiger partial charge in [0.15, 0.2) is 5.58 Å². The molecule has 0 bridgehead atoms. The first-order chi connectivity index (χ1) is 12.3. The highest BCUT2D eigenvalue weighted by Gasteiger charge is 2.28. The van der Waals surface area contributed by atoms with E-state index in [-0.39, 0.29) is 30.3 Å². The summed E-state index contributed by atoms with van der Waals surface area (Å²) in [5.41, 5.74) is 7.02. The molecular weight excluding hydrogens is 372 g/mol. The third-order valence-electron chi connectivity index (χ3n) is 4.99. The summed E-state index contributed by atoms with van der Waals surface area (Å²) in [4.78, 5) is 40.0. The van der Waals surface area contributed by atoms with Gasteiger partial charge in [-0.15, -0.1) is 12.4 Å². The highest BCUT2D eigenvalue weighted by Crippen LogP contribution is 2.21. The first kappa shape index (κ1) is 21.0. The van der Waals surface area contributed by atoms with E-state index in [4.69, 9.17) is 10.2 Å². The van der Waals surface area contributed by atoms with Crippen molar-refractivity contribution in [3.63, 3.8) is 0 Å². The van der Waals surface area contributed by atoms with Gasteiger partial charge in [0.05, 0.1) is 11.6 Å². The maximum Gasteiger partial charge on any atom is 0.417 e. The Morgan fingerprint density at radius 2 is 1.96 bits per heavy atom. The molecule has 8 nitrogen and oxygen atoms in total. The van der Waals surface area contributed by atoms with Gasteiger partial charge in [-0.3, -0.25) is 14.6 Å². The Morgan fingerprint density at radius 3 is 2.59 bits per heavy atom. The number of carbonyl (C=O) groups is 2. The number of benzene rings is 1. The zero-order valence-corrected chi connectivity index (χ0v) is 16.2. The number of amides is 2. The maximum absolute atomic E-state index is 12.5. The average molecular weight is 397 g/mol. The molecule has 2 heterocycles. The number of likely N-dealkylation sites (tertiary alicyclic amines) is 1. The monoisotopic (exact) mass is 396 g/mol. The molecule has 3 rings (SSSR count). The summed E-state index contributed by atoms with van der Waals surface area (Å²) in [6, 6.07) is 4.35. The quantitative estimate of drug-likeness (QED) is 0.717. The molecule has 1 fully saturated rings. The number of nitrogens with one attached hydrogen (secondary N) is 2. The molecule has 2 atom stereocenters. The van der Waals surface area contributed by atoms with Crippen LogP contribution in [0.3, 0.4) is 0 Å². The molecule has 0 aliphatic carbocycles. The lowest BCUT2D eigenvalue weighted by atomic mass is 9.90. The number of nitrogens with zero attached hydrogens (tertiary/aromatic N) is 1. The van der Waals surface area contributed by atoms with Crippen LogP contribution in [-0.2, 0) is 4.79 Å². The number of hydrogen-bond acceptors (Lipinski definition) is 5. The number of piperidine rings is 1. The van der Waals surface area contributed by atoms with Crippen LogP contribution in [0.1, 0.15) is 37.0 Å². The van der Waals surface area contributed by atoms with Gasteiger partial charge in [0.1, 0.15) is 0 Å². The molecule has 148 valence electrons. The fourth-order valence-electron chi connectivity index (χ4n) is 3.40. The minimum absolute atomic E-state index is 0. The van der Waals surface area contributed by atoms with E-state index >= 15 is 0 Å². The maximum atomic E-state index is 12.5. The summed E-state index contributed by atoms with van der Waals surface area (Å²) in [5, 5.41) is 3.01. The van der Waals surface area contributed by atoms with Gasteiger partial charge in [-0.25, -0.2) is 4.79 Å². The van der Waals surface area contributed by atoms with Gasteiger partial charge >= 0.3 is 5.76 Å².